The van der Waals surface area contributed by atoms with Crippen molar-refractivity contribution in [1.82, 2.24) is 15.0 Å². The summed E-state index contributed by atoms with van der Waals surface area (Å²) in [5.74, 6) is -0.445. The predicted molar refractivity (Wildman–Crippen MR) is 75.5 cm³/mol. The van der Waals surface area contributed by atoms with Crippen molar-refractivity contribution in [2.45, 2.75) is 22.7 Å². The Kier molecular flexibility index (Phi) is 3.62. The number of fused-ring (bicyclic) bond motifs is 1. The Morgan fingerprint density at radius 1 is 1.15 bits per heavy atom. The molecule has 102 valence electrons. The molecule has 0 aliphatic carbocycles. The quantitative estimate of drug-likeness (QED) is 0.668. The molecule has 2 aromatic heterocycles. The highest BCUT2D eigenvalue weighted by Crippen LogP contribution is 2.34. The smallest absolute Gasteiger partial charge is 0.235 e. The van der Waals surface area contributed by atoms with Crippen LogP contribution in [0.15, 0.2) is 39.0 Å². The first kappa shape index (κ1) is 13.4. The van der Waals surface area contributed by atoms with E-state index in [1.54, 1.807) is 12.1 Å². The second-order valence-electron chi connectivity index (χ2n) is 4.06. The molecule has 20 heavy (non-hydrogen) atoms. The van der Waals surface area contributed by atoms with Gasteiger partial charge in [-0.1, -0.05) is 18.2 Å². The summed E-state index contributed by atoms with van der Waals surface area (Å²) in [6.07, 6.45) is -2.68. The van der Waals surface area contributed by atoms with E-state index in [0.29, 0.717) is 10.5 Å². The molecule has 1 aromatic carbocycles. The first-order valence-electron chi connectivity index (χ1n) is 5.78. The van der Waals surface area contributed by atoms with Crippen molar-refractivity contribution in [3.05, 3.63) is 41.2 Å². The van der Waals surface area contributed by atoms with Crippen LogP contribution >= 0.6 is 23.1 Å². The Morgan fingerprint density at radius 3 is 2.65 bits per heavy atom. The summed E-state index contributed by atoms with van der Waals surface area (Å²) in [4.78, 5) is 12.2. The number of para-hydroxylation sites is 1. The van der Waals surface area contributed by atoms with Gasteiger partial charge in [-0.05, 0) is 24.8 Å². The van der Waals surface area contributed by atoms with Crippen molar-refractivity contribution in [1.29, 1.82) is 0 Å². The predicted octanol–water partition coefficient (Wildman–Crippen LogP) is 4.48. The average Bonchev–Trinajstić information content (AvgIpc) is 2.84. The molecule has 0 amide bonds. The van der Waals surface area contributed by atoms with Gasteiger partial charge >= 0.3 is 0 Å². The van der Waals surface area contributed by atoms with Crippen LogP contribution in [0.5, 0.6) is 0 Å². The van der Waals surface area contributed by atoms with Crippen LogP contribution in [0.1, 0.15) is 17.9 Å². The Morgan fingerprint density at radius 2 is 1.95 bits per heavy atom. The van der Waals surface area contributed by atoms with E-state index in [-0.39, 0.29) is 0 Å². The fraction of sp³-hybridized carbons (Fsp3) is 0.154. The van der Waals surface area contributed by atoms with E-state index < -0.39 is 12.2 Å². The van der Waals surface area contributed by atoms with E-state index in [9.17, 15) is 8.78 Å². The van der Waals surface area contributed by atoms with Crippen LogP contribution in [0.2, 0.25) is 0 Å². The van der Waals surface area contributed by atoms with Crippen LogP contribution in [0.3, 0.4) is 0 Å². The van der Waals surface area contributed by atoms with Crippen molar-refractivity contribution in [2.24, 2.45) is 0 Å². The zero-order chi connectivity index (χ0) is 14.1. The number of alkyl halides is 2. The molecule has 0 fully saturated rings. The van der Waals surface area contributed by atoms with Gasteiger partial charge in [-0.25, -0.2) is 23.7 Å². The minimum absolute atomic E-state index is 0.445. The molecule has 0 radical (unpaired) electrons. The van der Waals surface area contributed by atoms with E-state index in [1.807, 2.05) is 24.4 Å². The third-order valence-electron chi connectivity index (χ3n) is 2.56. The molecule has 0 unspecified atom stereocenters. The number of hydrogen-bond donors (Lipinski definition) is 0. The number of thiazole rings is 1. The molecule has 0 aliphatic heterocycles. The number of rotatable bonds is 3. The van der Waals surface area contributed by atoms with Crippen molar-refractivity contribution in [2.75, 3.05) is 0 Å². The Balaban J connectivity index is 2.11. The molecule has 2 heterocycles. The van der Waals surface area contributed by atoms with E-state index in [1.165, 1.54) is 23.1 Å². The summed E-state index contributed by atoms with van der Waals surface area (Å²) >= 11 is 2.76. The fourth-order valence-corrected chi connectivity index (χ4v) is 3.57. The molecule has 0 spiro atoms. The summed E-state index contributed by atoms with van der Waals surface area (Å²) in [7, 11) is 0. The van der Waals surface area contributed by atoms with Gasteiger partial charge in [-0.3, -0.25) is 0 Å². The molecular weight excluding hydrogens is 300 g/mol. The highest BCUT2D eigenvalue weighted by molar-refractivity contribution is 8.01. The fourth-order valence-electron chi connectivity index (χ4n) is 1.70. The lowest BCUT2D eigenvalue weighted by atomic mass is 10.2. The Hall–Kier alpha value is -1.60. The highest BCUT2D eigenvalue weighted by atomic mass is 32.2. The van der Waals surface area contributed by atoms with Crippen molar-refractivity contribution < 1.29 is 8.78 Å². The third-order valence-corrected chi connectivity index (χ3v) is 4.62. The number of aryl methyl sites for hydroxylation is 1. The number of aromatic nitrogens is 3. The van der Waals surface area contributed by atoms with E-state index in [2.05, 4.69) is 15.0 Å². The molecule has 3 aromatic rings. The second kappa shape index (κ2) is 5.41. The molecule has 3 nitrogen and oxygen atoms in total. The van der Waals surface area contributed by atoms with Crippen LogP contribution in [-0.2, 0) is 0 Å². The summed E-state index contributed by atoms with van der Waals surface area (Å²) in [5.41, 5.74) is 1.43. The zero-order valence-electron chi connectivity index (χ0n) is 10.4. The van der Waals surface area contributed by atoms with Crippen LogP contribution < -0.4 is 0 Å². The third kappa shape index (κ3) is 2.64. The first-order valence-corrected chi connectivity index (χ1v) is 7.48. The van der Waals surface area contributed by atoms with Gasteiger partial charge in [-0.2, -0.15) is 0 Å². The number of halogens is 2. The molecule has 0 aliphatic rings. The zero-order valence-corrected chi connectivity index (χ0v) is 12.0. The SMILES string of the molecule is Cc1csc(Sc2nc(C(F)F)nc3ccccc23)n1. The molecule has 0 saturated heterocycles. The maximum absolute atomic E-state index is 12.9. The number of nitrogens with zero attached hydrogens (tertiary/aromatic N) is 3. The minimum atomic E-state index is -2.68. The van der Waals surface area contributed by atoms with Crippen LogP contribution in [-0.4, -0.2) is 15.0 Å². The largest absolute Gasteiger partial charge is 0.297 e. The summed E-state index contributed by atoms with van der Waals surface area (Å²) < 4.78 is 26.5. The Labute approximate surface area is 122 Å². The van der Waals surface area contributed by atoms with Crippen molar-refractivity contribution in [3.63, 3.8) is 0 Å². The van der Waals surface area contributed by atoms with Gasteiger partial charge in [0, 0.05) is 16.5 Å². The van der Waals surface area contributed by atoms with Crippen LogP contribution in [0.4, 0.5) is 8.78 Å². The van der Waals surface area contributed by atoms with Crippen LogP contribution in [0, 0.1) is 6.92 Å². The lowest BCUT2D eigenvalue weighted by molar-refractivity contribution is 0.140. The Bertz CT molecular complexity index is 758. The molecule has 3 rings (SSSR count). The summed E-state index contributed by atoms with van der Waals surface area (Å²) in [6, 6.07) is 7.14. The lowest BCUT2D eigenvalue weighted by Crippen LogP contribution is -1.98. The number of benzene rings is 1. The van der Waals surface area contributed by atoms with Gasteiger partial charge < -0.3 is 0 Å². The molecule has 0 bridgehead atoms. The first-order chi connectivity index (χ1) is 9.63. The van der Waals surface area contributed by atoms with Gasteiger partial charge in [-0.15, -0.1) is 11.3 Å². The minimum Gasteiger partial charge on any atom is -0.235 e. The van der Waals surface area contributed by atoms with Gasteiger partial charge in [0.05, 0.1) is 5.52 Å². The van der Waals surface area contributed by atoms with Gasteiger partial charge in [0.25, 0.3) is 6.43 Å². The highest BCUT2D eigenvalue weighted by Gasteiger charge is 2.16. The molecule has 0 saturated carbocycles. The van der Waals surface area contributed by atoms with Crippen molar-refractivity contribution in [3.8, 4) is 0 Å². The molecule has 0 N–H and O–H groups in total. The maximum atomic E-state index is 12.9. The van der Waals surface area contributed by atoms with Gasteiger partial charge in [0.1, 0.15) is 5.03 Å². The molecule has 0 atom stereocenters. The normalized spacial score (nSPS) is 11.4. The van der Waals surface area contributed by atoms with Crippen LogP contribution in [0.25, 0.3) is 10.9 Å². The summed E-state index contributed by atoms with van der Waals surface area (Å²) in [5, 5.41) is 3.19. The van der Waals surface area contributed by atoms with E-state index in [4.69, 9.17) is 0 Å². The van der Waals surface area contributed by atoms with E-state index >= 15 is 0 Å². The van der Waals surface area contributed by atoms with Gasteiger partial charge in [0.15, 0.2) is 10.2 Å². The topological polar surface area (TPSA) is 38.7 Å². The average molecular weight is 309 g/mol. The standard InChI is InChI=1S/C13H9F2N3S2/c1-7-6-19-13(16-7)20-12-8-4-2-3-5-9(8)17-11(18-12)10(14)15/h2-6,10H,1H3. The maximum Gasteiger partial charge on any atom is 0.297 e. The number of hydrogen-bond acceptors (Lipinski definition) is 5. The monoisotopic (exact) mass is 309 g/mol. The van der Waals surface area contributed by atoms with Gasteiger partial charge in [0.2, 0.25) is 0 Å². The molecular formula is C13H9F2N3S2. The van der Waals surface area contributed by atoms with E-state index in [0.717, 1.165) is 15.4 Å². The lowest BCUT2D eigenvalue weighted by Gasteiger charge is -2.06. The van der Waals surface area contributed by atoms with Crippen molar-refractivity contribution >= 4 is 34.0 Å². The molecule has 7 heteroatoms. The summed E-state index contributed by atoms with van der Waals surface area (Å²) in [6.45, 7) is 1.89. The second-order valence-corrected chi connectivity index (χ2v) is 6.16.